The zero-order chi connectivity index (χ0) is 17.5. The average Bonchev–Trinajstić information content (AvgIpc) is 3.20. The molecule has 0 saturated carbocycles. The van der Waals surface area contributed by atoms with Crippen molar-refractivity contribution in [2.75, 3.05) is 5.32 Å². The monoisotopic (exact) mass is 334 g/mol. The number of benzene rings is 2. The number of rotatable bonds is 6. The minimum atomic E-state index is -0.566. The van der Waals surface area contributed by atoms with Gasteiger partial charge in [0.2, 0.25) is 0 Å². The zero-order valence-corrected chi connectivity index (χ0v) is 13.5. The Labute approximate surface area is 145 Å². The van der Waals surface area contributed by atoms with Gasteiger partial charge in [0.05, 0.1) is 5.69 Å². The number of amides is 1. The molecule has 1 aromatic heterocycles. The van der Waals surface area contributed by atoms with Gasteiger partial charge in [0, 0.05) is 30.7 Å². The highest BCUT2D eigenvalue weighted by Crippen LogP contribution is 2.18. The van der Waals surface area contributed by atoms with Crippen LogP contribution in [0, 0.1) is 0 Å². The van der Waals surface area contributed by atoms with Gasteiger partial charge in [-0.1, -0.05) is 30.3 Å². The summed E-state index contributed by atoms with van der Waals surface area (Å²) in [4.78, 5) is 11.1. The molecular weight excluding hydrogens is 316 g/mol. The van der Waals surface area contributed by atoms with E-state index in [1.54, 1.807) is 17.8 Å². The van der Waals surface area contributed by atoms with E-state index >= 15 is 0 Å². The Kier molecular flexibility index (Phi) is 5.23. The highest BCUT2D eigenvalue weighted by atomic mass is 16.5. The van der Waals surface area contributed by atoms with Gasteiger partial charge in [-0.15, -0.1) is 0 Å². The van der Waals surface area contributed by atoms with E-state index in [1.165, 1.54) is 6.08 Å². The van der Waals surface area contributed by atoms with E-state index < -0.39 is 5.91 Å². The Morgan fingerprint density at radius 1 is 1.12 bits per heavy atom. The fraction of sp³-hybridized carbons (Fsp3) is 0.0526. The van der Waals surface area contributed by atoms with Crippen LogP contribution in [0.1, 0.15) is 11.1 Å². The van der Waals surface area contributed by atoms with Crippen molar-refractivity contribution in [3.05, 3.63) is 84.2 Å². The molecule has 3 N–H and O–H groups in total. The molecule has 3 rings (SSSR count). The highest BCUT2D eigenvalue weighted by Gasteiger charge is 2.01. The molecule has 0 aliphatic heterocycles. The number of para-hydroxylation sites is 1. The number of hydroxylamine groups is 1. The van der Waals surface area contributed by atoms with Crippen molar-refractivity contribution in [2.24, 2.45) is 0 Å². The van der Waals surface area contributed by atoms with Crippen LogP contribution in [0.3, 0.4) is 0 Å². The topological polar surface area (TPSA) is 79.2 Å². The number of nitrogens with one attached hydrogen (secondary N) is 2. The third kappa shape index (κ3) is 4.33. The van der Waals surface area contributed by atoms with E-state index in [0.717, 1.165) is 22.5 Å². The molecule has 0 aliphatic carbocycles. The lowest BCUT2D eigenvalue weighted by atomic mass is 10.1. The quantitative estimate of drug-likeness (QED) is 0.368. The number of hydrogen-bond acceptors (Lipinski definition) is 4. The van der Waals surface area contributed by atoms with Crippen molar-refractivity contribution >= 4 is 17.7 Å². The summed E-state index contributed by atoms with van der Waals surface area (Å²) in [5, 5.41) is 16.1. The molecule has 1 amide bonds. The van der Waals surface area contributed by atoms with Crippen LogP contribution in [0.5, 0.6) is 0 Å². The van der Waals surface area contributed by atoms with Gasteiger partial charge in [-0.3, -0.25) is 10.0 Å². The van der Waals surface area contributed by atoms with Crippen molar-refractivity contribution < 1.29 is 10.0 Å². The van der Waals surface area contributed by atoms with Gasteiger partial charge in [-0.2, -0.15) is 5.10 Å². The Hall–Kier alpha value is -3.38. The van der Waals surface area contributed by atoms with Crippen LogP contribution in [0.15, 0.2) is 73.1 Å². The first kappa shape index (κ1) is 16.5. The Bertz CT molecular complexity index is 855. The summed E-state index contributed by atoms with van der Waals surface area (Å²) in [6.07, 6.45) is 6.57. The third-order valence-corrected chi connectivity index (χ3v) is 3.67. The second kappa shape index (κ2) is 7.94. The van der Waals surface area contributed by atoms with Gasteiger partial charge in [0.25, 0.3) is 5.91 Å². The molecule has 2 aromatic carbocycles. The molecule has 0 spiro atoms. The van der Waals surface area contributed by atoms with Crippen molar-refractivity contribution in [2.45, 2.75) is 6.54 Å². The molecule has 0 unspecified atom stereocenters. The molecule has 0 bridgehead atoms. The minimum Gasteiger partial charge on any atom is -0.380 e. The number of aromatic nitrogens is 2. The molecule has 1 heterocycles. The lowest BCUT2D eigenvalue weighted by Gasteiger charge is -2.10. The minimum absolute atomic E-state index is 0.566. The summed E-state index contributed by atoms with van der Waals surface area (Å²) in [6, 6.07) is 17.6. The van der Waals surface area contributed by atoms with Crippen molar-refractivity contribution in [3.8, 4) is 5.69 Å². The van der Waals surface area contributed by atoms with Crippen molar-refractivity contribution in [1.29, 1.82) is 0 Å². The van der Waals surface area contributed by atoms with Gasteiger partial charge >= 0.3 is 0 Å². The molecule has 6 heteroatoms. The van der Waals surface area contributed by atoms with Gasteiger partial charge in [-0.05, 0) is 41.5 Å². The summed E-state index contributed by atoms with van der Waals surface area (Å²) < 4.78 is 1.81. The smallest absolute Gasteiger partial charge is 0.267 e. The van der Waals surface area contributed by atoms with E-state index in [-0.39, 0.29) is 0 Å². The van der Waals surface area contributed by atoms with Gasteiger partial charge in [0.15, 0.2) is 0 Å². The molecule has 126 valence electrons. The lowest BCUT2D eigenvalue weighted by molar-refractivity contribution is -0.124. The highest BCUT2D eigenvalue weighted by molar-refractivity contribution is 5.91. The van der Waals surface area contributed by atoms with Crippen LogP contribution in [-0.4, -0.2) is 20.9 Å². The van der Waals surface area contributed by atoms with Crippen molar-refractivity contribution in [1.82, 2.24) is 15.3 Å². The number of carbonyl (C=O) groups is 1. The third-order valence-electron chi connectivity index (χ3n) is 3.67. The average molecular weight is 334 g/mol. The zero-order valence-electron chi connectivity index (χ0n) is 13.5. The van der Waals surface area contributed by atoms with Crippen LogP contribution in [0.25, 0.3) is 11.8 Å². The van der Waals surface area contributed by atoms with Crippen LogP contribution in [-0.2, 0) is 11.3 Å². The Morgan fingerprint density at radius 3 is 2.64 bits per heavy atom. The standard InChI is InChI=1S/C19H18N4O2/c24-19(22-25)11-8-16-4-1-2-5-18(16)20-14-15-6-9-17(10-7-15)23-13-3-12-21-23/h1-13,20,25H,14H2,(H,22,24)/b11-8+. The first-order valence-electron chi connectivity index (χ1n) is 7.80. The van der Waals surface area contributed by atoms with Gasteiger partial charge in [0.1, 0.15) is 0 Å². The maximum atomic E-state index is 11.1. The van der Waals surface area contributed by atoms with Crippen LogP contribution >= 0.6 is 0 Å². The SMILES string of the molecule is O=C(/C=C/c1ccccc1NCc1ccc(-n2cccn2)cc1)NO. The summed E-state index contributed by atoms with van der Waals surface area (Å²) in [6.45, 7) is 0.649. The largest absolute Gasteiger partial charge is 0.380 e. The Morgan fingerprint density at radius 2 is 1.92 bits per heavy atom. The first-order chi connectivity index (χ1) is 12.3. The number of anilines is 1. The molecule has 0 fully saturated rings. The van der Waals surface area contributed by atoms with Gasteiger partial charge in [-0.25, -0.2) is 10.2 Å². The fourth-order valence-corrected chi connectivity index (χ4v) is 2.39. The van der Waals surface area contributed by atoms with Gasteiger partial charge < -0.3 is 5.32 Å². The fourth-order valence-electron chi connectivity index (χ4n) is 2.39. The predicted octanol–water partition coefficient (Wildman–Crippen LogP) is 3.00. The second-order valence-corrected chi connectivity index (χ2v) is 5.37. The Balaban J connectivity index is 1.67. The summed E-state index contributed by atoms with van der Waals surface area (Å²) in [7, 11) is 0. The molecule has 6 nitrogen and oxygen atoms in total. The molecule has 0 saturated heterocycles. The second-order valence-electron chi connectivity index (χ2n) is 5.37. The van der Waals surface area contributed by atoms with E-state index in [0.29, 0.717) is 6.54 Å². The number of carbonyl (C=O) groups excluding carboxylic acids is 1. The summed E-state index contributed by atoms with van der Waals surface area (Å²) in [5.41, 5.74) is 5.47. The van der Waals surface area contributed by atoms with Crippen molar-refractivity contribution in [3.63, 3.8) is 0 Å². The van der Waals surface area contributed by atoms with E-state index in [2.05, 4.69) is 10.4 Å². The van der Waals surface area contributed by atoms with E-state index in [4.69, 9.17) is 5.21 Å². The van der Waals surface area contributed by atoms with E-state index in [9.17, 15) is 4.79 Å². The molecule has 0 atom stereocenters. The summed E-state index contributed by atoms with van der Waals surface area (Å²) >= 11 is 0. The maximum absolute atomic E-state index is 11.1. The van der Waals surface area contributed by atoms with Crippen LogP contribution < -0.4 is 10.8 Å². The first-order valence-corrected chi connectivity index (χ1v) is 7.80. The molecule has 0 radical (unpaired) electrons. The van der Waals surface area contributed by atoms with Crippen LogP contribution in [0.2, 0.25) is 0 Å². The number of nitrogens with zero attached hydrogens (tertiary/aromatic N) is 2. The molecular formula is C19H18N4O2. The van der Waals surface area contributed by atoms with E-state index in [1.807, 2.05) is 65.5 Å². The molecule has 3 aromatic rings. The van der Waals surface area contributed by atoms with Crippen LogP contribution in [0.4, 0.5) is 5.69 Å². The molecule has 0 aliphatic rings. The maximum Gasteiger partial charge on any atom is 0.267 e. The lowest BCUT2D eigenvalue weighted by Crippen LogP contribution is -2.14. The predicted molar refractivity (Wildman–Crippen MR) is 96.3 cm³/mol. The molecule has 25 heavy (non-hydrogen) atoms. The normalized spacial score (nSPS) is 10.8. The number of hydrogen-bond donors (Lipinski definition) is 3. The summed E-state index contributed by atoms with van der Waals surface area (Å²) in [5.74, 6) is -0.566.